The Bertz CT molecular complexity index is 790. The Balaban J connectivity index is 2.05. The molecular weight excluding hydrogens is 524 g/mol. The van der Waals surface area contributed by atoms with Crippen molar-refractivity contribution in [3.05, 3.63) is 54.0 Å². The molecule has 2 aromatic carbocycles. The number of hydrogen-bond acceptors (Lipinski definition) is 3. The molecule has 0 fully saturated rings. The Morgan fingerprint density at radius 2 is 2.00 bits per heavy atom. The van der Waals surface area contributed by atoms with E-state index in [0.29, 0.717) is 4.91 Å². The van der Waals surface area contributed by atoms with Gasteiger partial charge in [0.2, 0.25) is 0 Å². The molecule has 1 N–H and O–H groups in total. The number of thioether (sulfide) groups is 1. The summed E-state index contributed by atoms with van der Waals surface area (Å²) < 4.78 is 7.62. The van der Waals surface area contributed by atoms with E-state index in [4.69, 9.17) is 4.74 Å². The molecule has 0 saturated heterocycles. The van der Waals surface area contributed by atoms with E-state index in [1.54, 1.807) is 7.11 Å². The Kier molecular flexibility index (Phi) is 4.98. The fraction of sp³-hybridized carbons (Fsp3) is 0.0625. The molecule has 1 aliphatic rings. The van der Waals surface area contributed by atoms with Crippen LogP contribution in [0.2, 0.25) is 0 Å². The van der Waals surface area contributed by atoms with Crippen LogP contribution >= 0.6 is 56.9 Å². The molecule has 6 heteroatoms. The van der Waals surface area contributed by atoms with E-state index < -0.39 is 0 Å². The van der Waals surface area contributed by atoms with Crippen LogP contribution in [-0.4, -0.2) is 13.0 Å². The Labute approximate surface area is 160 Å². The number of carbonyl (C=O) groups is 1. The van der Waals surface area contributed by atoms with Crippen LogP contribution in [0.4, 0.5) is 5.69 Å². The summed E-state index contributed by atoms with van der Waals surface area (Å²) in [6.45, 7) is 0. The molecule has 3 rings (SSSR count). The van der Waals surface area contributed by atoms with Gasteiger partial charge in [-0.05, 0) is 75.5 Å². The number of rotatable bonds is 2. The third-order valence-corrected chi connectivity index (χ3v) is 5.63. The summed E-state index contributed by atoms with van der Waals surface area (Å²) in [5, 5.41) is 2.92. The average Bonchev–Trinajstić information content (AvgIpc) is 2.47. The maximum absolute atomic E-state index is 12.3. The lowest BCUT2D eigenvalue weighted by Gasteiger charge is -2.18. The summed E-state index contributed by atoms with van der Waals surface area (Å²) in [5.41, 5.74) is 1.77. The van der Waals surface area contributed by atoms with Crippen molar-refractivity contribution in [3.63, 3.8) is 0 Å². The molecule has 0 aliphatic carbocycles. The van der Waals surface area contributed by atoms with Crippen LogP contribution in [0.3, 0.4) is 0 Å². The van der Waals surface area contributed by atoms with Crippen LogP contribution in [0.25, 0.3) is 6.08 Å². The van der Waals surface area contributed by atoms with E-state index in [-0.39, 0.29) is 5.91 Å². The predicted molar refractivity (Wildman–Crippen MR) is 107 cm³/mol. The van der Waals surface area contributed by atoms with Gasteiger partial charge in [0, 0.05) is 14.0 Å². The second kappa shape index (κ2) is 6.79. The molecule has 22 heavy (non-hydrogen) atoms. The average molecular weight is 535 g/mol. The number of ether oxygens (including phenoxy) is 1. The first-order valence-electron chi connectivity index (χ1n) is 6.41. The molecule has 0 saturated carbocycles. The molecule has 0 bridgehead atoms. The van der Waals surface area contributed by atoms with Crippen molar-refractivity contribution >= 4 is 74.6 Å². The zero-order valence-electron chi connectivity index (χ0n) is 11.5. The number of para-hydroxylation sites is 1. The number of hydrogen-bond donors (Lipinski definition) is 1. The molecule has 2 aromatic rings. The van der Waals surface area contributed by atoms with Gasteiger partial charge in [-0.3, -0.25) is 4.79 Å². The first-order chi connectivity index (χ1) is 10.6. The zero-order valence-corrected chi connectivity index (χ0v) is 16.7. The van der Waals surface area contributed by atoms with Gasteiger partial charge in [0.05, 0.1) is 21.3 Å². The summed E-state index contributed by atoms with van der Waals surface area (Å²) in [7, 11) is 1.65. The van der Waals surface area contributed by atoms with Crippen LogP contribution in [0.15, 0.2) is 46.2 Å². The van der Waals surface area contributed by atoms with Gasteiger partial charge < -0.3 is 10.1 Å². The van der Waals surface area contributed by atoms with E-state index >= 15 is 0 Å². The minimum Gasteiger partial charge on any atom is -0.495 e. The monoisotopic (exact) mass is 535 g/mol. The van der Waals surface area contributed by atoms with Crippen molar-refractivity contribution in [1.29, 1.82) is 0 Å². The van der Waals surface area contributed by atoms with Crippen molar-refractivity contribution in [3.8, 4) is 5.75 Å². The van der Waals surface area contributed by atoms with Gasteiger partial charge in [0.15, 0.2) is 0 Å². The maximum Gasteiger partial charge on any atom is 0.262 e. The summed E-state index contributed by atoms with van der Waals surface area (Å²) in [6, 6.07) is 11.9. The first kappa shape index (κ1) is 16.1. The molecule has 3 nitrogen and oxygen atoms in total. The minimum absolute atomic E-state index is 0.0837. The van der Waals surface area contributed by atoms with Crippen LogP contribution < -0.4 is 10.1 Å². The van der Waals surface area contributed by atoms with E-state index in [0.717, 1.165) is 29.0 Å². The summed E-state index contributed by atoms with van der Waals surface area (Å²) >= 11 is 5.99. The largest absolute Gasteiger partial charge is 0.495 e. The van der Waals surface area contributed by atoms with Gasteiger partial charge in [-0.1, -0.05) is 23.9 Å². The molecule has 112 valence electrons. The van der Waals surface area contributed by atoms with Crippen molar-refractivity contribution in [2.75, 3.05) is 12.4 Å². The third-order valence-electron chi connectivity index (χ3n) is 3.11. The van der Waals surface area contributed by atoms with E-state index in [2.05, 4.69) is 50.5 Å². The highest BCUT2D eigenvalue weighted by Crippen LogP contribution is 2.40. The maximum atomic E-state index is 12.3. The number of fused-ring (bicyclic) bond motifs is 1. The van der Waals surface area contributed by atoms with E-state index in [1.165, 1.54) is 11.8 Å². The molecule has 1 amide bonds. The van der Waals surface area contributed by atoms with Crippen LogP contribution in [0.1, 0.15) is 5.56 Å². The van der Waals surface area contributed by atoms with Crippen LogP contribution in [0, 0.1) is 7.14 Å². The van der Waals surface area contributed by atoms with Crippen LogP contribution in [0.5, 0.6) is 5.75 Å². The fourth-order valence-electron chi connectivity index (χ4n) is 2.15. The number of amides is 1. The van der Waals surface area contributed by atoms with Gasteiger partial charge in [-0.2, -0.15) is 0 Å². The molecule has 0 spiro atoms. The van der Waals surface area contributed by atoms with Gasteiger partial charge in [-0.25, -0.2) is 0 Å². The molecule has 0 atom stereocenters. The predicted octanol–water partition coefficient (Wildman–Crippen LogP) is 4.99. The standard InChI is InChI=1S/C16H11I2NO2S/c1-21-15-9(6-10(17)8-11(15)18)7-14-16(20)19-12-4-2-3-5-13(12)22-14/h2-8H,1H3,(H,19,20)/b14-7-. The van der Waals surface area contributed by atoms with Crippen LogP contribution in [-0.2, 0) is 4.79 Å². The lowest BCUT2D eigenvalue weighted by Crippen LogP contribution is -2.17. The second-order valence-electron chi connectivity index (χ2n) is 4.57. The second-order valence-corrected chi connectivity index (χ2v) is 8.06. The molecule has 1 aliphatic heterocycles. The highest BCUT2D eigenvalue weighted by Gasteiger charge is 2.21. The number of carbonyl (C=O) groups excluding carboxylic acids is 1. The number of halogens is 2. The fourth-order valence-corrected chi connectivity index (χ4v) is 5.20. The Hall–Kier alpha value is -0.740. The van der Waals surface area contributed by atoms with Crippen molar-refractivity contribution in [2.24, 2.45) is 0 Å². The highest BCUT2D eigenvalue weighted by molar-refractivity contribution is 14.1. The lowest BCUT2D eigenvalue weighted by molar-refractivity contribution is -0.112. The van der Waals surface area contributed by atoms with Gasteiger partial charge in [0.25, 0.3) is 5.91 Å². The number of benzene rings is 2. The van der Waals surface area contributed by atoms with Gasteiger partial charge in [-0.15, -0.1) is 0 Å². The molecule has 0 aromatic heterocycles. The minimum atomic E-state index is -0.0837. The lowest BCUT2D eigenvalue weighted by atomic mass is 10.2. The van der Waals surface area contributed by atoms with Gasteiger partial charge in [0.1, 0.15) is 5.75 Å². The first-order valence-corrected chi connectivity index (χ1v) is 9.39. The topological polar surface area (TPSA) is 38.3 Å². The normalized spacial score (nSPS) is 15.4. The SMILES string of the molecule is COc1c(I)cc(I)cc1/C=C1\Sc2ccccc2NC1=O. The third kappa shape index (κ3) is 3.28. The van der Waals surface area contributed by atoms with Crippen molar-refractivity contribution in [1.82, 2.24) is 0 Å². The van der Waals surface area contributed by atoms with E-state index in [1.807, 2.05) is 42.5 Å². The Morgan fingerprint density at radius 1 is 1.23 bits per heavy atom. The van der Waals surface area contributed by atoms with Crippen molar-refractivity contribution in [2.45, 2.75) is 4.90 Å². The Morgan fingerprint density at radius 3 is 2.77 bits per heavy atom. The molecular formula is C16H11I2NO2S. The van der Waals surface area contributed by atoms with Gasteiger partial charge >= 0.3 is 0 Å². The molecule has 0 unspecified atom stereocenters. The highest BCUT2D eigenvalue weighted by atomic mass is 127. The number of nitrogens with one attached hydrogen (secondary N) is 1. The van der Waals surface area contributed by atoms with Crippen molar-refractivity contribution < 1.29 is 9.53 Å². The summed E-state index contributed by atoms with van der Waals surface area (Å²) in [4.78, 5) is 14.0. The van der Waals surface area contributed by atoms with E-state index in [9.17, 15) is 4.79 Å². The zero-order chi connectivity index (χ0) is 15.7. The smallest absolute Gasteiger partial charge is 0.262 e. The number of methoxy groups -OCH3 is 1. The summed E-state index contributed by atoms with van der Waals surface area (Å²) in [6.07, 6.45) is 1.89. The molecule has 1 heterocycles. The quantitative estimate of drug-likeness (QED) is 0.436. The number of anilines is 1. The molecule has 0 radical (unpaired) electrons. The summed E-state index contributed by atoms with van der Waals surface area (Å²) in [5.74, 6) is 0.709.